The zero-order valence-electron chi connectivity index (χ0n) is 14.9. The van der Waals surface area contributed by atoms with Gasteiger partial charge in [-0.1, -0.05) is 24.3 Å². The van der Waals surface area contributed by atoms with Crippen LogP contribution < -0.4 is 4.74 Å². The SMILES string of the molecule is CC(C)(C)OC(=O)COc1ccccc1C#N.N#Cc1ccccc1O. The number of ether oxygens (including phenoxy) is 2. The summed E-state index contributed by atoms with van der Waals surface area (Å²) in [5, 5.41) is 26.0. The third-order valence-corrected chi connectivity index (χ3v) is 2.80. The van der Waals surface area contributed by atoms with E-state index in [4.69, 9.17) is 25.1 Å². The quantitative estimate of drug-likeness (QED) is 0.847. The number of aromatic hydroxyl groups is 1. The third kappa shape index (κ3) is 7.37. The summed E-state index contributed by atoms with van der Waals surface area (Å²) in [6.07, 6.45) is 0. The number of hydrogen-bond donors (Lipinski definition) is 1. The topological polar surface area (TPSA) is 103 Å². The van der Waals surface area contributed by atoms with Crippen LogP contribution in [0.3, 0.4) is 0 Å². The molecule has 0 aliphatic carbocycles. The van der Waals surface area contributed by atoms with Gasteiger partial charge in [0.15, 0.2) is 6.61 Å². The minimum Gasteiger partial charge on any atom is -0.507 e. The zero-order valence-corrected chi connectivity index (χ0v) is 14.9. The average molecular weight is 352 g/mol. The molecule has 2 rings (SSSR count). The fraction of sp³-hybridized carbons (Fsp3) is 0.250. The molecule has 0 saturated heterocycles. The van der Waals surface area contributed by atoms with Gasteiger partial charge >= 0.3 is 5.97 Å². The number of phenolic OH excluding ortho intramolecular Hbond substituents is 1. The van der Waals surface area contributed by atoms with Gasteiger partial charge in [0.25, 0.3) is 0 Å². The van der Waals surface area contributed by atoms with E-state index in [1.807, 2.05) is 12.1 Å². The molecule has 0 heterocycles. The zero-order chi connectivity index (χ0) is 19.6. The van der Waals surface area contributed by atoms with Crippen molar-refractivity contribution in [2.75, 3.05) is 6.61 Å². The highest BCUT2D eigenvalue weighted by Gasteiger charge is 2.16. The summed E-state index contributed by atoms with van der Waals surface area (Å²) >= 11 is 0. The Hall–Kier alpha value is -3.51. The number of phenols is 1. The number of carbonyl (C=O) groups is 1. The predicted octanol–water partition coefficient (Wildman–Crippen LogP) is 3.54. The van der Waals surface area contributed by atoms with Gasteiger partial charge in [0.05, 0.1) is 11.1 Å². The van der Waals surface area contributed by atoms with Crippen molar-refractivity contribution < 1.29 is 19.4 Å². The van der Waals surface area contributed by atoms with E-state index < -0.39 is 11.6 Å². The molecule has 0 radical (unpaired) electrons. The summed E-state index contributed by atoms with van der Waals surface area (Å²) in [5.41, 5.74) is 0.184. The molecule has 2 aromatic carbocycles. The Kier molecular flexibility index (Phi) is 7.67. The van der Waals surface area contributed by atoms with Gasteiger partial charge in [-0.3, -0.25) is 0 Å². The Morgan fingerprint density at radius 2 is 1.54 bits per heavy atom. The van der Waals surface area contributed by atoms with Crippen molar-refractivity contribution in [2.24, 2.45) is 0 Å². The van der Waals surface area contributed by atoms with Crippen molar-refractivity contribution in [2.45, 2.75) is 26.4 Å². The van der Waals surface area contributed by atoms with Crippen molar-refractivity contribution in [1.82, 2.24) is 0 Å². The lowest BCUT2D eigenvalue weighted by Gasteiger charge is -2.19. The Morgan fingerprint density at radius 3 is 2.04 bits per heavy atom. The maximum atomic E-state index is 11.4. The second-order valence-electron chi connectivity index (χ2n) is 6.11. The predicted molar refractivity (Wildman–Crippen MR) is 95.3 cm³/mol. The number of esters is 1. The largest absolute Gasteiger partial charge is 0.507 e. The minimum atomic E-state index is -0.533. The molecule has 0 aromatic heterocycles. The van der Waals surface area contributed by atoms with Gasteiger partial charge in [-0.25, -0.2) is 4.79 Å². The number of nitriles is 2. The lowest BCUT2D eigenvalue weighted by Crippen LogP contribution is -2.27. The highest BCUT2D eigenvalue weighted by molar-refractivity contribution is 5.71. The van der Waals surface area contributed by atoms with Gasteiger partial charge < -0.3 is 14.6 Å². The Bertz CT molecular complexity index is 827. The molecule has 0 amide bonds. The monoisotopic (exact) mass is 352 g/mol. The van der Waals surface area contributed by atoms with Crippen LogP contribution >= 0.6 is 0 Å². The molecule has 0 fully saturated rings. The van der Waals surface area contributed by atoms with Crippen LogP contribution in [0.4, 0.5) is 0 Å². The first kappa shape index (κ1) is 20.5. The Balaban J connectivity index is 0.000000314. The number of benzene rings is 2. The molecule has 0 saturated carbocycles. The number of hydrogen-bond acceptors (Lipinski definition) is 6. The molecule has 0 spiro atoms. The average Bonchev–Trinajstić information content (AvgIpc) is 2.60. The molecule has 0 aliphatic rings. The van der Waals surface area contributed by atoms with E-state index in [1.54, 1.807) is 63.2 Å². The van der Waals surface area contributed by atoms with Crippen molar-refractivity contribution >= 4 is 5.97 Å². The number of carbonyl (C=O) groups excluding carboxylic acids is 1. The first-order valence-electron chi connectivity index (χ1n) is 7.78. The van der Waals surface area contributed by atoms with Gasteiger partial charge in [-0.05, 0) is 45.0 Å². The van der Waals surface area contributed by atoms with Crippen LogP contribution in [-0.4, -0.2) is 23.3 Å². The lowest BCUT2D eigenvalue weighted by atomic mass is 10.2. The molecule has 0 bridgehead atoms. The van der Waals surface area contributed by atoms with Crippen LogP contribution in [0.1, 0.15) is 31.9 Å². The summed E-state index contributed by atoms with van der Waals surface area (Å²) in [6, 6.07) is 17.0. The fourth-order valence-electron chi connectivity index (χ4n) is 1.76. The molecule has 0 atom stereocenters. The van der Waals surface area contributed by atoms with Gasteiger partial charge in [0.2, 0.25) is 0 Å². The second-order valence-corrected chi connectivity index (χ2v) is 6.11. The standard InChI is InChI=1S/C13H15NO3.C7H5NO/c1-13(2,3)17-12(15)9-16-11-7-5-4-6-10(11)8-14;8-5-6-3-1-2-4-7(6)9/h4-7H,9H2,1-3H3;1-4,9H. The van der Waals surface area contributed by atoms with E-state index >= 15 is 0 Å². The summed E-state index contributed by atoms with van der Waals surface area (Å²) in [7, 11) is 0. The first-order chi connectivity index (χ1) is 12.3. The minimum absolute atomic E-state index is 0.0417. The summed E-state index contributed by atoms with van der Waals surface area (Å²) in [6.45, 7) is 5.16. The van der Waals surface area contributed by atoms with E-state index in [0.29, 0.717) is 16.9 Å². The van der Waals surface area contributed by atoms with Gasteiger partial charge in [0, 0.05) is 0 Å². The van der Waals surface area contributed by atoms with Crippen LogP contribution in [-0.2, 0) is 9.53 Å². The van der Waals surface area contributed by atoms with Gasteiger partial charge in [-0.2, -0.15) is 10.5 Å². The van der Waals surface area contributed by atoms with Crippen LogP contribution in [0.5, 0.6) is 11.5 Å². The molecule has 26 heavy (non-hydrogen) atoms. The number of para-hydroxylation sites is 2. The third-order valence-electron chi connectivity index (χ3n) is 2.80. The lowest BCUT2D eigenvalue weighted by molar-refractivity contribution is -0.157. The van der Waals surface area contributed by atoms with Crippen LogP contribution in [0.15, 0.2) is 48.5 Å². The smallest absolute Gasteiger partial charge is 0.344 e. The maximum Gasteiger partial charge on any atom is 0.344 e. The summed E-state index contributed by atoms with van der Waals surface area (Å²) < 4.78 is 10.3. The highest BCUT2D eigenvalue weighted by atomic mass is 16.6. The molecular formula is C20H20N2O4. The highest BCUT2D eigenvalue weighted by Crippen LogP contribution is 2.17. The number of rotatable bonds is 3. The fourth-order valence-corrected chi connectivity index (χ4v) is 1.76. The van der Waals surface area contributed by atoms with E-state index in [2.05, 4.69) is 0 Å². The number of nitrogens with zero attached hydrogens (tertiary/aromatic N) is 2. The van der Waals surface area contributed by atoms with E-state index in [9.17, 15) is 4.79 Å². The summed E-state index contributed by atoms with van der Waals surface area (Å²) in [4.78, 5) is 11.4. The second kappa shape index (κ2) is 9.71. The van der Waals surface area contributed by atoms with Crippen molar-refractivity contribution in [3.63, 3.8) is 0 Å². The summed E-state index contributed by atoms with van der Waals surface area (Å²) in [5.74, 6) is -0.0221. The van der Waals surface area contributed by atoms with E-state index in [1.165, 1.54) is 6.07 Å². The Morgan fingerprint density at radius 1 is 1.00 bits per heavy atom. The Labute approximate surface area is 152 Å². The van der Waals surface area contributed by atoms with Gasteiger partial charge in [0.1, 0.15) is 29.2 Å². The molecule has 0 aliphatic heterocycles. The molecule has 0 unspecified atom stereocenters. The normalized spacial score (nSPS) is 9.73. The first-order valence-corrected chi connectivity index (χ1v) is 7.78. The van der Waals surface area contributed by atoms with Crippen LogP contribution in [0.2, 0.25) is 0 Å². The molecule has 6 nitrogen and oxygen atoms in total. The van der Waals surface area contributed by atoms with Crippen molar-refractivity contribution in [3.8, 4) is 23.6 Å². The van der Waals surface area contributed by atoms with E-state index in [-0.39, 0.29) is 12.4 Å². The van der Waals surface area contributed by atoms with Crippen molar-refractivity contribution in [3.05, 3.63) is 59.7 Å². The van der Waals surface area contributed by atoms with Crippen LogP contribution in [0.25, 0.3) is 0 Å². The van der Waals surface area contributed by atoms with Gasteiger partial charge in [-0.15, -0.1) is 0 Å². The molecule has 134 valence electrons. The molecular weight excluding hydrogens is 332 g/mol. The molecule has 2 aromatic rings. The van der Waals surface area contributed by atoms with Crippen molar-refractivity contribution in [1.29, 1.82) is 10.5 Å². The molecule has 1 N–H and O–H groups in total. The van der Waals surface area contributed by atoms with Crippen LogP contribution in [0, 0.1) is 22.7 Å². The van der Waals surface area contributed by atoms with E-state index in [0.717, 1.165) is 0 Å². The maximum absolute atomic E-state index is 11.4. The molecule has 6 heteroatoms.